The fraction of sp³-hybridized carbons (Fsp3) is 0.567. The van der Waals surface area contributed by atoms with Crippen molar-refractivity contribution in [2.75, 3.05) is 26.2 Å². The van der Waals surface area contributed by atoms with Crippen LogP contribution in [-0.4, -0.2) is 120 Å². The summed E-state index contributed by atoms with van der Waals surface area (Å²) in [4.78, 5) is 81.2. The molecule has 47 heavy (non-hydrogen) atoms. The van der Waals surface area contributed by atoms with Crippen molar-refractivity contribution >= 4 is 47.4 Å². The number of aliphatic hydroxyl groups excluding tert-OH is 1. The van der Waals surface area contributed by atoms with Gasteiger partial charge in [-0.1, -0.05) is 6.92 Å². The lowest BCUT2D eigenvalue weighted by molar-refractivity contribution is -0.384. The molecule has 5 rings (SSSR count). The number of β-lactam (4-membered cyclic amide) rings is 1. The molecule has 7 atom stereocenters. The molecule has 0 spiro atoms. The van der Waals surface area contributed by atoms with Gasteiger partial charge in [0.15, 0.2) is 0 Å². The summed E-state index contributed by atoms with van der Waals surface area (Å²) in [5.41, 5.74) is 5.74. The van der Waals surface area contributed by atoms with Crippen molar-refractivity contribution < 1.29 is 43.8 Å². The van der Waals surface area contributed by atoms with E-state index >= 15 is 0 Å². The molecule has 1 aromatic rings. The number of hydrogen-bond acceptors (Lipinski definition) is 10. The first kappa shape index (κ1) is 34.0. The number of primary amides is 1. The number of aliphatic carboxylic acids is 1. The second kappa shape index (κ2) is 13.4. The van der Waals surface area contributed by atoms with Crippen LogP contribution in [0.5, 0.6) is 0 Å². The lowest BCUT2D eigenvalue weighted by atomic mass is 9.79. The number of carbonyl (C=O) groups is 5. The Bertz CT molecular complexity index is 1500. The fourth-order valence-electron chi connectivity index (χ4n) is 7.00. The molecular weight excluding hydrogens is 636 g/mol. The Hall–Kier alpha value is -4.38. The third kappa shape index (κ3) is 6.45. The van der Waals surface area contributed by atoms with E-state index in [2.05, 4.69) is 0 Å². The molecule has 4 N–H and O–H groups in total. The van der Waals surface area contributed by atoms with E-state index in [-0.39, 0.29) is 43.4 Å². The molecule has 1 unspecified atom stereocenters. The first-order valence-corrected chi connectivity index (χ1v) is 16.3. The number of urea groups is 1. The zero-order valence-corrected chi connectivity index (χ0v) is 27.0. The summed E-state index contributed by atoms with van der Waals surface area (Å²) < 4.78 is 5.56. The SMILES string of the molecule is CC1CN(C(N)=O)CCCN1C(=O)[C@@H]1C[C@H](SC2=C(C(=O)O)N3C(=O)[C@H]([C@@H](C)O)[C@H]3[C@H]2C)CN1C(=O)OCc1ccc([N+](=O)[O-])cc1. The van der Waals surface area contributed by atoms with Crippen LogP contribution in [0.25, 0.3) is 0 Å². The molecule has 4 heterocycles. The Morgan fingerprint density at radius 3 is 2.40 bits per heavy atom. The monoisotopic (exact) mass is 674 g/mol. The number of nitro groups is 1. The Morgan fingerprint density at radius 1 is 1.13 bits per heavy atom. The van der Waals surface area contributed by atoms with Crippen molar-refractivity contribution in [2.45, 2.75) is 69.7 Å². The number of carboxylic acid groups (broad SMARTS) is 1. The van der Waals surface area contributed by atoms with Gasteiger partial charge in [-0.25, -0.2) is 14.4 Å². The van der Waals surface area contributed by atoms with Crippen LogP contribution in [0.3, 0.4) is 0 Å². The van der Waals surface area contributed by atoms with Crippen molar-refractivity contribution in [1.82, 2.24) is 19.6 Å². The summed E-state index contributed by atoms with van der Waals surface area (Å²) in [6.45, 7) is 5.85. The molecule has 3 fully saturated rings. The molecule has 4 aliphatic rings. The summed E-state index contributed by atoms with van der Waals surface area (Å²) in [5.74, 6) is -3.21. The second-order valence-electron chi connectivity index (χ2n) is 12.4. The number of benzene rings is 1. The average Bonchev–Trinajstić information content (AvgIpc) is 3.46. The summed E-state index contributed by atoms with van der Waals surface area (Å²) >= 11 is 1.21. The highest BCUT2D eigenvalue weighted by molar-refractivity contribution is 8.03. The zero-order chi connectivity index (χ0) is 34.3. The number of nitrogens with zero attached hydrogens (tertiary/aromatic N) is 5. The number of aliphatic hydroxyl groups is 1. The smallest absolute Gasteiger partial charge is 0.410 e. The van der Waals surface area contributed by atoms with Crippen molar-refractivity contribution in [2.24, 2.45) is 17.6 Å². The number of fused-ring (bicyclic) bond motifs is 1. The molecular formula is C30H38N6O10S. The van der Waals surface area contributed by atoms with Crippen LogP contribution in [0.2, 0.25) is 0 Å². The Kier molecular flexibility index (Phi) is 9.68. The molecule has 17 heteroatoms. The number of nitrogens with two attached hydrogens (primary N) is 1. The largest absolute Gasteiger partial charge is 0.477 e. The molecule has 0 saturated carbocycles. The summed E-state index contributed by atoms with van der Waals surface area (Å²) in [6, 6.07) is 3.05. The Labute approximate surface area is 274 Å². The third-order valence-corrected chi connectivity index (χ3v) is 10.8. The highest BCUT2D eigenvalue weighted by Gasteiger charge is 2.60. The number of rotatable bonds is 8. The quantitative estimate of drug-likeness (QED) is 0.204. The summed E-state index contributed by atoms with van der Waals surface area (Å²) in [7, 11) is 0. The topological polar surface area (TPSA) is 217 Å². The minimum absolute atomic E-state index is 0.0391. The zero-order valence-electron chi connectivity index (χ0n) is 26.2. The standard InChI is InChI=1S/C30H38N6O10S/c1-15-12-32(29(31)42)9-4-10-33(15)26(38)21-11-20(13-34(21)30(43)46-14-18-5-7-19(8-6-18)36(44)45)47-25-16(2)23-22(17(3)37)27(39)35(23)24(25)28(40)41/h5-8,15-17,20-23,37H,4,9-14H2,1-3H3,(H2,31,42)(H,40,41)/t15?,16-,17-,20+,21+,22-,23-/m1/s1. The highest BCUT2D eigenvalue weighted by atomic mass is 32.2. The van der Waals surface area contributed by atoms with E-state index in [0.717, 1.165) is 0 Å². The number of carbonyl (C=O) groups excluding carboxylic acids is 4. The number of hydrogen-bond donors (Lipinski definition) is 3. The van der Waals surface area contributed by atoms with Gasteiger partial charge in [0, 0.05) is 60.4 Å². The van der Waals surface area contributed by atoms with Gasteiger partial charge in [0.05, 0.1) is 23.0 Å². The second-order valence-corrected chi connectivity index (χ2v) is 13.8. The maximum absolute atomic E-state index is 14.1. The van der Waals surface area contributed by atoms with Gasteiger partial charge in [-0.3, -0.25) is 24.6 Å². The van der Waals surface area contributed by atoms with Gasteiger partial charge < -0.3 is 35.4 Å². The van der Waals surface area contributed by atoms with Gasteiger partial charge >= 0.3 is 18.1 Å². The molecule has 0 aliphatic carbocycles. The predicted octanol–water partition coefficient (Wildman–Crippen LogP) is 1.56. The van der Waals surface area contributed by atoms with E-state index in [1.807, 2.05) is 0 Å². The maximum Gasteiger partial charge on any atom is 0.410 e. The van der Waals surface area contributed by atoms with Crippen molar-refractivity contribution in [3.63, 3.8) is 0 Å². The van der Waals surface area contributed by atoms with E-state index < -0.39 is 70.2 Å². The lowest BCUT2D eigenvalue weighted by Crippen LogP contribution is -2.63. The van der Waals surface area contributed by atoms with Crippen LogP contribution >= 0.6 is 11.8 Å². The maximum atomic E-state index is 14.1. The number of likely N-dealkylation sites (tertiary alicyclic amines) is 1. The van der Waals surface area contributed by atoms with Gasteiger partial charge in [0.25, 0.3) is 5.69 Å². The molecule has 3 saturated heterocycles. The van der Waals surface area contributed by atoms with Crippen molar-refractivity contribution in [3.8, 4) is 0 Å². The molecule has 4 aliphatic heterocycles. The normalized spacial score (nSPS) is 28.0. The summed E-state index contributed by atoms with van der Waals surface area (Å²) in [6.07, 6.45) is -1.09. The van der Waals surface area contributed by atoms with E-state index in [0.29, 0.717) is 30.0 Å². The number of amides is 5. The van der Waals surface area contributed by atoms with E-state index in [1.165, 1.54) is 57.7 Å². The van der Waals surface area contributed by atoms with Gasteiger partial charge in [0.1, 0.15) is 18.3 Å². The average molecular weight is 675 g/mol. The number of non-ortho nitro benzene ring substituents is 1. The minimum Gasteiger partial charge on any atom is -0.477 e. The van der Waals surface area contributed by atoms with Crippen LogP contribution in [-0.2, 0) is 25.7 Å². The van der Waals surface area contributed by atoms with Gasteiger partial charge in [-0.2, -0.15) is 0 Å². The Morgan fingerprint density at radius 2 is 1.81 bits per heavy atom. The number of carboxylic acids is 1. The number of nitro benzene ring substituents is 1. The number of ether oxygens (including phenoxy) is 1. The molecule has 1 aromatic carbocycles. The minimum atomic E-state index is -1.28. The van der Waals surface area contributed by atoms with Crippen LogP contribution in [0.15, 0.2) is 34.9 Å². The van der Waals surface area contributed by atoms with E-state index in [1.54, 1.807) is 18.7 Å². The van der Waals surface area contributed by atoms with Crippen LogP contribution in [0.4, 0.5) is 15.3 Å². The highest BCUT2D eigenvalue weighted by Crippen LogP contribution is 2.52. The molecule has 5 amide bonds. The number of thioether (sulfide) groups is 1. The molecule has 0 radical (unpaired) electrons. The van der Waals surface area contributed by atoms with Gasteiger partial charge in [-0.05, 0) is 44.4 Å². The Balaban J connectivity index is 1.38. The molecule has 254 valence electrons. The lowest BCUT2D eigenvalue weighted by Gasteiger charge is -2.46. The van der Waals surface area contributed by atoms with Crippen molar-refractivity contribution in [1.29, 1.82) is 0 Å². The fourth-order valence-corrected chi connectivity index (χ4v) is 8.52. The third-order valence-electron chi connectivity index (χ3n) is 9.33. The van der Waals surface area contributed by atoms with E-state index in [4.69, 9.17) is 10.5 Å². The molecule has 16 nitrogen and oxygen atoms in total. The molecule has 0 aromatic heterocycles. The molecule has 0 bridgehead atoms. The van der Waals surface area contributed by atoms with Gasteiger partial charge in [0.2, 0.25) is 11.8 Å². The van der Waals surface area contributed by atoms with Gasteiger partial charge in [-0.15, -0.1) is 11.8 Å². The first-order chi connectivity index (χ1) is 22.2. The van der Waals surface area contributed by atoms with Crippen LogP contribution in [0, 0.1) is 22.0 Å². The van der Waals surface area contributed by atoms with Crippen LogP contribution in [0.1, 0.15) is 39.2 Å². The van der Waals surface area contributed by atoms with Crippen molar-refractivity contribution in [3.05, 3.63) is 50.5 Å². The predicted molar refractivity (Wildman–Crippen MR) is 166 cm³/mol. The van der Waals surface area contributed by atoms with Crippen LogP contribution < -0.4 is 5.73 Å². The summed E-state index contributed by atoms with van der Waals surface area (Å²) in [5, 5.41) is 30.8. The first-order valence-electron chi connectivity index (χ1n) is 15.4. The van der Waals surface area contributed by atoms with E-state index in [9.17, 15) is 44.3 Å².